The number of nitrogens with zero attached hydrogens (tertiary/aromatic N) is 4. The predicted molar refractivity (Wildman–Crippen MR) is 61.6 cm³/mol. The Hall–Kier alpha value is -1.90. The third kappa shape index (κ3) is 4.23. The summed E-state index contributed by atoms with van der Waals surface area (Å²) in [7, 11) is 0. The molecule has 1 aromatic heterocycles. The van der Waals surface area contributed by atoms with Crippen molar-refractivity contribution in [2.24, 2.45) is 11.8 Å². The molecule has 1 N–H and O–H groups in total. The molecule has 0 bridgehead atoms. The van der Waals surface area contributed by atoms with Gasteiger partial charge < -0.3 is 5.32 Å². The van der Waals surface area contributed by atoms with Crippen molar-refractivity contribution < 1.29 is 4.79 Å². The maximum absolute atomic E-state index is 11.6. The molecule has 0 saturated carbocycles. The van der Waals surface area contributed by atoms with Gasteiger partial charge in [0.25, 0.3) is 0 Å². The van der Waals surface area contributed by atoms with E-state index in [-0.39, 0.29) is 11.8 Å². The zero-order valence-corrected chi connectivity index (χ0v) is 10.1. The number of rotatable bonds is 6. The van der Waals surface area contributed by atoms with Crippen LogP contribution in [0.15, 0.2) is 12.4 Å². The first kappa shape index (κ1) is 13.2. The second kappa shape index (κ2) is 6.63. The molecule has 17 heavy (non-hydrogen) atoms. The predicted octanol–water partition coefficient (Wildman–Crippen LogP) is 0.580. The fourth-order valence-corrected chi connectivity index (χ4v) is 1.43. The Kier molecular flexibility index (Phi) is 5.14. The maximum atomic E-state index is 11.6. The minimum atomic E-state index is -0.568. The SMILES string of the molecule is CC(C)C(C#N)C(=O)NCCCn1ccnn1. The molecule has 0 radical (unpaired) electrons. The van der Waals surface area contributed by atoms with Gasteiger partial charge >= 0.3 is 0 Å². The van der Waals surface area contributed by atoms with Crippen molar-refractivity contribution in [3.05, 3.63) is 12.4 Å². The van der Waals surface area contributed by atoms with Gasteiger partial charge in [0, 0.05) is 19.3 Å². The Morgan fingerprint density at radius 2 is 2.35 bits per heavy atom. The molecule has 92 valence electrons. The third-order valence-corrected chi connectivity index (χ3v) is 2.42. The molecule has 0 saturated heterocycles. The molecule has 0 aliphatic rings. The highest BCUT2D eigenvalue weighted by atomic mass is 16.1. The number of nitriles is 1. The van der Waals surface area contributed by atoms with Crippen molar-refractivity contribution in [3.8, 4) is 6.07 Å². The number of aromatic nitrogens is 3. The van der Waals surface area contributed by atoms with Crippen LogP contribution in [0.25, 0.3) is 0 Å². The molecular weight excluding hydrogens is 218 g/mol. The molecule has 1 amide bonds. The summed E-state index contributed by atoms with van der Waals surface area (Å²) in [5, 5.41) is 19.1. The zero-order valence-electron chi connectivity index (χ0n) is 10.1. The van der Waals surface area contributed by atoms with Crippen LogP contribution < -0.4 is 5.32 Å². The van der Waals surface area contributed by atoms with E-state index < -0.39 is 5.92 Å². The summed E-state index contributed by atoms with van der Waals surface area (Å²) in [6.45, 7) is 4.98. The van der Waals surface area contributed by atoms with Gasteiger partial charge in [-0.2, -0.15) is 5.26 Å². The molecule has 1 atom stereocenters. The van der Waals surface area contributed by atoms with Gasteiger partial charge in [-0.05, 0) is 12.3 Å². The normalized spacial score (nSPS) is 12.1. The molecule has 6 heteroatoms. The average molecular weight is 235 g/mol. The van der Waals surface area contributed by atoms with Gasteiger partial charge in [-0.3, -0.25) is 9.48 Å². The lowest BCUT2D eigenvalue weighted by atomic mass is 9.97. The van der Waals surface area contributed by atoms with E-state index >= 15 is 0 Å². The topological polar surface area (TPSA) is 83.6 Å². The molecule has 0 aromatic carbocycles. The number of hydrogen-bond donors (Lipinski definition) is 1. The van der Waals surface area contributed by atoms with Crippen LogP contribution >= 0.6 is 0 Å². The van der Waals surface area contributed by atoms with Gasteiger partial charge in [-0.15, -0.1) is 5.10 Å². The van der Waals surface area contributed by atoms with E-state index in [0.717, 1.165) is 6.42 Å². The van der Waals surface area contributed by atoms with Gasteiger partial charge in [-0.25, -0.2) is 0 Å². The van der Waals surface area contributed by atoms with Gasteiger partial charge in [-0.1, -0.05) is 19.1 Å². The van der Waals surface area contributed by atoms with Crippen LogP contribution in [0.5, 0.6) is 0 Å². The molecule has 1 unspecified atom stereocenters. The van der Waals surface area contributed by atoms with E-state index in [1.165, 1.54) is 0 Å². The van der Waals surface area contributed by atoms with Crippen molar-refractivity contribution >= 4 is 5.91 Å². The van der Waals surface area contributed by atoms with Gasteiger partial charge in [0.1, 0.15) is 5.92 Å². The molecular formula is C11H17N5O. The minimum Gasteiger partial charge on any atom is -0.355 e. The van der Waals surface area contributed by atoms with Gasteiger partial charge in [0.2, 0.25) is 5.91 Å². The second-order valence-electron chi connectivity index (χ2n) is 4.16. The van der Waals surface area contributed by atoms with Crippen molar-refractivity contribution in [1.82, 2.24) is 20.3 Å². The maximum Gasteiger partial charge on any atom is 0.237 e. The molecule has 0 aliphatic carbocycles. The lowest BCUT2D eigenvalue weighted by Crippen LogP contribution is -2.33. The Labute approximate surface area is 101 Å². The summed E-state index contributed by atoms with van der Waals surface area (Å²) >= 11 is 0. The van der Waals surface area contributed by atoms with Crippen molar-refractivity contribution in [2.75, 3.05) is 6.54 Å². The first-order chi connectivity index (χ1) is 8.15. The number of amides is 1. The minimum absolute atomic E-state index is 0.0373. The third-order valence-electron chi connectivity index (χ3n) is 2.42. The Balaban J connectivity index is 2.22. The molecule has 6 nitrogen and oxygen atoms in total. The van der Waals surface area contributed by atoms with Crippen molar-refractivity contribution in [1.29, 1.82) is 5.26 Å². The Bertz CT molecular complexity index is 379. The summed E-state index contributed by atoms with van der Waals surface area (Å²) in [5.41, 5.74) is 0. The van der Waals surface area contributed by atoms with Crippen molar-refractivity contribution in [2.45, 2.75) is 26.8 Å². The van der Waals surface area contributed by atoms with Crippen LogP contribution in [0.2, 0.25) is 0 Å². The highest BCUT2D eigenvalue weighted by molar-refractivity contribution is 5.81. The number of carbonyl (C=O) groups is 1. The smallest absolute Gasteiger partial charge is 0.237 e. The Morgan fingerprint density at radius 3 is 2.88 bits per heavy atom. The molecule has 0 aliphatic heterocycles. The van der Waals surface area contributed by atoms with E-state index in [2.05, 4.69) is 15.6 Å². The number of nitrogens with one attached hydrogen (secondary N) is 1. The summed E-state index contributed by atoms with van der Waals surface area (Å²) in [6.07, 6.45) is 4.16. The lowest BCUT2D eigenvalue weighted by Gasteiger charge is -2.12. The lowest BCUT2D eigenvalue weighted by molar-refractivity contribution is -0.124. The van der Waals surface area contributed by atoms with E-state index in [1.54, 1.807) is 17.1 Å². The molecule has 1 rings (SSSR count). The quantitative estimate of drug-likeness (QED) is 0.731. The fraction of sp³-hybridized carbons (Fsp3) is 0.636. The highest BCUT2D eigenvalue weighted by Crippen LogP contribution is 2.09. The summed E-state index contributed by atoms with van der Waals surface area (Å²) < 4.78 is 1.70. The fourth-order valence-electron chi connectivity index (χ4n) is 1.43. The molecule has 1 heterocycles. The Morgan fingerprint density at radius 1 is 1.59 bits per heavy atom. The van der Waals surface area contributed by atoms with E-state index in [0.29, 0.717) is 13.1 Å². The van der Waals surface area contributed by atoms with Crippen LogP contribution in [-0.2, 0) is 11.3 Å². The largest absolute Gasteiger partial charge is 0.355 e. The van der Waals surface area contributed by atoms with Crippen molar-refractivity contribution in [3.63, 3.8) is 0 Å². The summed E-state index contributed by atoms with van der Waals surface area (Å²) in [4.78, 5) is 11.6. The average Bonchev–Trinajstić information content (AvgIpc) is 2.77. The standard InChI is InChI=1S/C11H17N5O/c1-9(2)10(8-12)11(17)13-4-3-6-16-7-5-14-15-16/h5,7,9-10H,3-4,6H2,1-2H3,(H,13,17). The first-order valence-electron chi connectivity index (χ1n) is 5.66. The number of carbonyl (C=O) groups excluding carboxylic acids is 1. The van der Waals surface area contributed by atoms with Crippen LogP contribution in [0, 0.1) is 23.2 Å². The van der Waals surface area contributed by atoms with Crippen LogP contribution in [0.4, 0.5) is 0 Å². The number of hydrogen-bond acceptors (Lipinski definition) is 4. The first-order valence-corrected chi connectivity index (χ1v) is 5.66. The highest BCUT2D eigenvalue weighted by Gasteiger charge is 2.20. The molecule has 0 spiro atoms. The van der Waals surface area contributed by atoms with Crippen LogP contribution in [0.1, 0.15) is 20.3 Å². The van der Waals surface area contributed by atoms with Crippen LogP contribution in [0.3, 0.4) is 0 Å². The summed E-state index contributed by atoms with van der Waals surface area (Å²) in [5.74, 6) is -0.724. The zero-order chi connectivity index (χ0) is 12.7. The van der Waals surface area contributed by atoms with E-state index in [1.807, 2.05) is 19.9 Å². The molecule has 1 aromatic rings. The van der Waals surface area contributed by atoms with Gasteiger partial charge in [0.15, 0.2) is 0 Å². The van der Waals surface area contributed by atoms with E-state index in [4.69, 9.17) is 5.26 Å². The van der Waals surface area contributed by atoms with Crippen LogP contribution in [-0.4, -0.2) is 27.4 Å². The second-order valence-corrected chi connectivity index (χ2v) is 4.16. The summed E-state index contributed by atoms with van der Waals surface area (Å²) in [6, 6.07) is 2.02. The van der Waals surface area contributed by atoms with E-state index in [9.17, 15) is 4.79 Å². The number of aryl methyl sites for hydroxylation is 1. The van der Waals surface area contributed by atoms with Gasteiger partial charge in [0.05, 0.1) is 12.3 Å². The molecule has 0 fully saturated rings. The monoisotopic (exact) mass is 235 g/mol.